The number of halogens is 1. The largest absolute Gasteiger partial charge is 0.366 e. The second-order valence-electron chi connectivity index (χ2n) is 5.91. The fraction of sp³-hybridized carbons (Fsp3) is 0.300. The number of nitrogens with two attached hydrogens (primary N) is 1. The van der Waals surface area contributed by atoms with E-state index in [-0.39, 0.29) is 11.9 Å². The number of benzene rings is 2. The summed E-state index contributed by atoms with van der Waals surface area (Å²) < 4.78 is 0. The number of nitrogens with zero attached hydrogens (tertiary/aromatic N) is 1. The normalized spacial score (nSPS) is 12.0. The van der Waals surface area contributed by atoms with Gasteiger partial charge in [-0.15, -0.1) is 0 Å². The van der Waals surface area contributed by atoms with Crippen LogP contribution >= 0.6 is 11.6 Å². The van der Waals surface area contributed by atoms with E-state index in [0.717, 1.165) is 18.7 Å². The van der Waals surface area contributed by atoms with Crippen molar-refractivity contribution in [3.8, 4) is 0 Å². The lowest BCUT2D eigenvalue weighted by Gasteiger charge is -2.31. The van der Waals surface area contributed by atoms with E-state index in [9.17, 15) is 9.59 Å². The summed E-state index contributed by atoms with van der Waals surface area (Å²) >= 11 is 6.37. The van der Waals surface area contributed by atoms with Crippen molar-refractivity contribution in [3.05, 3.63) is 70.2 Å². The maximum atomic E-state index is 12.5. The number of amides is 2. The van der Waals surface area contributed by atoms with Gasteiger partial charge < -0.3 is 11.1 Å². The van der Waals surface area contributed by atoms with Crippen LogP contribution < -0.4 is 11.1 Å². The Kier molecular flexibility index (Phi) is 7.18. The topological polar surface area (TPSA) is 75.4 Å². The average molecular weight is 374 g/mol. The molecule has 0 aliphatic carbocycles. The Balaban J connectivity index is 2.19. The zero-order valence-electron chi connectivity index (χ0n) is 15.0. The number of likely N-dealkylation sites (N-methyl/N-ethyl adjacent to an activating group) is 1. The summed E-state index contributed by atoms with van der Waals surface area (Å²) in [5, 5.41) is 3.62. The highest BCUT2D eigenvalue weighted by molar-refractivity contribution is 6.31. The summed E-state index contributed by atoms with van der Waals surface area (Å²) in [7, 11) is 0. The lowest BCUT2D eigenvalue weighted by molar-refractivity contribution is 0.0935. The number of rotatable bonds is 8. The van der Waals surface area contributed by atoms with Crippen LogP contribution in [0.25, 0.3) is 0 Å². The van der Waals surface area contributed by atoms with Gasteiger partial charge in [0, 0.05) is 22.7 Å². The predicted molar refractivity (Wildman–Crippen MR) is 104 cm³/mol. The highest BCUT2D eigenvalue weighted by Crippen LogP contribution is 2.27. The van der Waals surface area contributed by atoms with Gasteiger partial charge in [0.1, 0.15) is 0 Å². The molecule has 0 spiro atoms. The molecule has 3 N–H and O–H groups in total. The van der Waals surface area contributed by atoms with Gasteiger partial charge in [0.25, 0.3) is 5.91 Å². The van der Waals surface area contributed by atoms with Gasteiger partial charge in [0.15, 0.2) is 0 Å². The fourth-order valence-corrected chi connectivity index (χ4v) is 3.21. The van der Waals surface area contributed by atoms with Crippen molar-refractivity contribution in [2.24, 2.45) is 5.73 Å². The molecule has 0 aliphatic rings. The Morgan fingerprint density at radius 2 is 1.73 bits per heavy atom. The minimum Gasteiger partial charge on any atom is -0.366 e. The third-order valence-electron chi connectivity index (χ3n) is 4.38. The zero-order valence-corrected chi connectivity index (χ0v) is 15.8. The maximum absolute atomic E-state index is 12.5. The van der Waals surface area contributed by atoms with E-state index in [4.69, 9.17) is 17.3 Å². The van der Waals surface area contributed by atoms with Crippen LogP contribution in [-0.2, 0) is 0 Å². The van der Waals surface area contributed by atoms with E-state index in [0.29, 0.717) is 22.7 Å². The first-order chi connectivity index (χ1) is 12.5. The molecule has 2 aromatic carbocycles. The Morgan fingerprint density at radius 3 is 2.35 bits per heavy atom. The van der Waals surface area contributed by atoms with E-state index in [1.54, 1.807) is 18.2 Å². The summed E-state index contributed by atoms with van der Waals surface area (Å²) in [5.41, 5.74) is 6.97. The number of primary amides is 1. The van der Waals surface area contributed by atoms with Crippen LogP contribution in [0.4, 0.5) is 0 Å². The van der Waals surface area contributed by atoms with E-state index >= 15 is 0 Å². The van der Waals surface area contributed by atoms with Crippen LogP contribution in [0.2, 0.25) is 5.02 Å². The van der Waals surface area contributed by atoms with Crippen LogP contribution in [0.3, 0.4) is 0 Å². The Morgan fingerprint density at radius 1 is 1.08 bits per heavy atom. The molecule has 0 bridgehead atoms. The molecule has 2 rings (SSSR count). The van der Waals surface area contributed by atoms with Gasteiger partial charge in [-0.05, 0) is 42.9 Å². The summed E-state index contributed by atoms with van der Waals surface area (Å²) in [6.07, 6.45) is 0. The van der Waals surface area contributed by atoms with Crippen molar-refractivity contribution in [3.63, 3.8) is 0 Å². The SMILES string of the molecule is CCN(CC)C(CNC(=O)c1cccc(C(N)=O)c1)c1ccccc1Cl. The molecule has 0 radical (unpaired) electrons. The molecule has 0 heterocycles. The molecule has 1 unspecified atom stereocenters. The second-order valence-corrected chi connectivity index (χ2v) is 6.32. The van der Waals surface area contributed by atoms with Gasteiger partial charge in [-0.25, -0.2) is 0 Å². The van der Waals surface area contributed by atoms with Crippen LogP contribution in [0.1, 0.15) is 46.2 Å². The second kappa shape index (κ2) is 9.36. The number of nitrogens with one attached hydrogen (secondary N) is 1. The molecule has 0 aromatic heterocycles. The lowest BCUT2D eigenvalue weighted by atomic mass is 10.0. The molecular weight excluding hydrogens is 350 g/mol. The molecule has 5 nitrogen and oxygen atoms in total. The van der Waals surface area contributed by atoms with Crippen molar-refractivity contribution < 1.29 is 9.59 Å². The van der Waals surface area contributed by atoms with Crippen LogP contribution in [-0.4, -0.2) is 36.3 Å². The molecule has 1 atom stereocenters. The molecule has 138 valence electrons. The van der Waals surface area contributed by atoms with Crippen molar-refractivity contribution >= 4 is 23.4 Å². The lowest BCUT2D eigenvalue weighted by Crippen LogP contribution is -2.38. The maximum Gasteiger partial charge on any atom is 0.251 e. The third kappa shape index (κ3) is 4.84. The first-order valence-electron chi connectivity index (χ1n) is 8.64. The summed E-state index contributed by atoms with van der Waals surface area (Å²) in [4.78, 5) is 26.1. The number of carbonyl (C=O) groups is 2. The monoisotopic (exact) mass is 373 g/mol. The van der Waals surface area contributed by atoms with Gasteiger partial charge in [0.2, 0.25) is 5.91 Å². The molecule has 0 aliphatic heterocycles. The van der Waals surface area contributed by atoms with Crippen molar-refractivity contribution in [1.29, 1.82) is 0 Å². The van der Waals surface area contributed by atoms with Crippen LogP contribution in [0, 0.1) is 0 Å². The van der Waals surface area contributed by atoms with E-state index < -0.39 is 5.91 Å². The molecule has 2 amide bonds. The fourth-order valence-electron chi connectivity index (χ4n) is 2.95. The predicted octanol–water partition coefficient (Wildman–Crippen LogP) is 3.25. The quantitative estimate of drug-likeness (QED) is 0.745. The molecule has 0 saturated carbocycles. The molecular formula is C20H24ClN3O2. The third-order valence-corrected chi connectivity index (χ3v) is 4.73. The van der Waals surface area contributed by atoms with E-state index in [1.165, 1.54) is 6.07 Å². The average Bonchev–Trinajstić information content (AvgIpc) is 2.65. The molecule has 26 heavy (non-hydrogen) atoms. The minimum atomic E-state index is -0.559. The number of hydrogen-bond acceptors (Lipinski definition) is 3. The van der Waals surface area contributed by atoms with E-state index in [1.807, 2.05) is 24.3 Å². The van der Waals surface area contributed by atoms with E-state index in [2.05, 4.69) is 24.1 Å². The molecule has 0 fully saturated rings. The van der Waals surface area contributed by atoms with Gasteiger partial charge in [-0.3, -0.25) is 14.5 Å². The van der Waals surface area contributed by atoms with Crippen LogP contribution in [0.15, 0.2) is 48.5 Å². The van der Waals surface area contributed by atoms with Crippen LogP contribution in [0.5, 0.6) is 0 Å². The first kappa shape index (κ1) is 19.9. The van der Waals surface area contributed by atoms with Gasteiger partial charge in [-0.1, -0.05) is 49.7 Å². The zero-order chi connectivity index (χ0) is 19.1. The van der Waals surface area contributed by atoms with Crippen molar-refractivity contribution in [1.82, 2.24) is 10.2 Å². The standard InChI is InChI=1S/C20H24ClN3O2/c1-3-24(4-2)18(16-10-5-6-11-17(16)21)13-23-20(26)15-9-7-8-14(12-15)19(22)25/h5-12,18H,3-4,13H2,1-2H3,(H2,22,25)(H,23,26). The van der Waals surface area contributed by atoms with Crippen molar-refractivity contribution in [2.75, 3.05) is 19.6 Å². The Bertz CT molecular complexity index is 775. The van der Waals surface area contributed by atoms with Gasteiger partial charge in [-0.2, -0.15) is 0 Å². The minimum absolute atomic E-state index is 0.0398. The highest BCUT2D eigenvalue weighted by Gasteiger charge is 2.21. The van der Waals surface area contributed by atoms with Crippen molar-refractivity contribution in [2.45, 2.75) is 19.9 Å². The molecule has 6 heteroatoms. The number of carbonyl (C=O) groups excluding carboxylic acids is 2. The summed E-state index contributed by atoms with van der Waals surface area (Å²) in [5.74, 6) is -0.811. The highest BCUT2D eigenvalue weighted by atomic mass is 35.5. The number of hydrogen-bond donors (Lipinski definition) is 2. The summed E-state index contributed by atoms with van der Waals surface area (Å²) in [6.45, 7) is 6.22. The Labute approximate surface area is 159 Å². The van der Waals surface area contributed by atoms with Gasteiger partial charge in [0.05, 0.1) is 6.04 Å². The molecule has 0 saturated heterocycles. The smallest absolute Gasteiger partial charge is 0.251 e. The Hall–Kier alpha value is -2.37. The first-order valence-corrected chi connectivity index (χ1v) is 9.02. The molecule has 2 aromatic rings. The van der Waals surface area contributed by atoms with Gasteiger partial charge >= 0.3 is 0 Å². The summed E-state index contributed by atoms with van der Waals surface area (Å²) in [6, 6.07) is 14.0.